The molecule has 4 atom stereocenters. The molecule has 15 heteroatoms. The summed E-state index contributed by atoms with van der Waals surface area (Å²) in [4.78, 5) is 40.1. The molecular weight excluding hydrogens is 518 g/mol. The van der Waals surface area contributed by atoms with Crippen molar-refractivity contribution in [1.29, 1.82) is 10.8 Å². The summed E-state index contributed by atoms with van der Waals surface area (Å²) >= 11 is 0. The summed E-state index contributed by atoms with van der Waals surface area (Å²) in [7, 11) is 0. The molecule has 1 spiro atoms. The number of alkyl halides is 2. The van der Waals surface area contributed by atoms with Crippen LogP contribution < -0.4 is 21.3 Å². The van der Waals surface area contributed by atoms with Gasteiger partial charge in [0.15, 0.2) is 17.6 Å². The maximum atomic E-state index is 14.8. The number of likely N-dealkylation sites (tertiary alicyclic amines) is 1. The van der Waals surface area contributed by atoms with Crippen molar-refractivity contribution in [1.82, 2.24) is 31.1 Å². The standard InChI is InChI=1S/C24H28F2N8O5/c25-22(26)8-2-4-11-3-1-5-12(17(11)22)19(37)30-14-10-34-21(28)29-13(9-33-15(35)6-7-16(33)36)18-23(34,24(14,38)39)32-20(27)31-18/h1,3,5,13-14,18,38-39H,2,4,6-10H2,(H2,28,29)(H,30,37)(H3,27,31,32)/t13-,14?,18-,23?/m0/s1. The highest BCUT2D eigenvalue weighted by Crippen LogP contribution is 2.44. The fourth-order valence-electron chi connectivity index (χ4n) is 6.65. The number of hydrogen-bond donors (Lipinski definition) is 8. The molecule has 1 aliphatic carbocycles. The lowest BCUT2D eigenvalue weighted by molar-refractivity contribution is -0.232. The second kappa shape index (κ2) is 8.32. The zero-order chi connectivity index (χ0) is 27.9. The third-order valence-corrected chi connectivity index (χ3v) is 8.44. The third-order valence-electron chi connectivity index (χ3n) is 8.44. The summed E-state index contributed by atoms with van der Waals surface area (Å²) in [6.07, 6.45) is 0.361. The van der Waals surface area contributed by atoms with Gasteiger partial charge in [0.2, 0.25) is 17.6 Å². The van der Waals surface area contributed by atoms with Crippen LogP contribution in [0.2, 0.25) is 0 Å². The zero-order valence-electron chi connectivity index (χ0n) is 20.7. The summed E-state index contributed by atoms with van der Waals surface area (Å²) < 4.78 is 29.7. The predicted octanol–water partition coefficient (Wildman–Crippen LogP) is -1.54. The molecule has 39 heavy (non-hydrogen) atoms. The van der Waals surface area contributed by atoms with Crippen LogP contribution in [0.15, 0.2) is 18.2 Å². The number of rotatable bonds is 4. The van der Waals surface area contributed by atoms with Crippen LogP contribution in [-0.4, -0.2) is 92.3 Å². The quantitative estimate of drug-likeness (QED) is 0.163. The monoisotopic (exact) mass is 546 g/mol. The first-order valence-corrected chi connectivity index (χ1v) is 12.7. The number of guanidine groups is 2. The molecule has 8 N–H and O–H groups in total. The van der Waals surface area contributed by atoms with E-state index in [9.17, 15) is 33.4 Å². The van der Waals surface area contributed by atoms with Crippen LogP contribution in [-0.2, 0) is 21.9 Å². The van der Waals surface area contributed by atoms with Crippen molar-refractivity contribution >= 4 is 29.6 Å². The molecule has 0 radical (unpaired) electrons. The number of amides is 3. The maximum Gasteiger partial charge on any atom is 0.274 e. The van der Waals surface area contributed by atoms with Crippen molar-refractivity contribution < 1.29 is 33.4 Å². The first-order chi connectivity index (χ1) is 18.4. The minimum absolute atomic E-state index is 0.0483. The van der Waals surface area contributed by atoms with E-state index < -0.39 is 59.6 Å². The number of carbonyl (C=O) groups is 3. The highest BCUT2D eigenvalue weighted by molar-refractivity contribution is 6.02. The summed E-state index contributed by atoms with van der Waals surface area (Å²) in [5.74, 6) is -8.37. The van der Waals surface area contributed by atoms with Gasteiger partial charge in [-0.15, -0.1) is 0 Å². The van der Waals surface area contributed by atoms with E-state index in [4.69, 9.17) is 10.8 Å². The fraction of sp³-hybridized carbons (Fsp3) is 0.542. The summed E-state index contributed by atoms with van der Waals surface area (Å²) in [5, 5.41) is 50.7. The van der Waals surface area contributed by atoms with Crippen molar-refractivity contribution in [2.24, 2.45) is 0 Å². The number of nitrogens with one attached hydrogen (secondary N) is 6. The molecule has 6 rings (SSSR count). The normalized spacial score (nSPS) is 32.2. The molecule has 3 amide bonds. The Balaban J connectivity index is 1.32. The highest BCUT2D eigenvalue weighted by Gasteiger charge is 2.74. The number of fused-ring (bicyclic) bond motifs is 1. The predicted molar refractivity (Wildman–Crippen MR) is 130 cm³/mol. The first-order valence-electron chi connectivity index (χ1n) is 12.7. The lowest BCUT2D eigenvalue weighted by atomic mass is 9.83. The summed E-state index contributed by atoms with van der Waals surface area (Å²) in [6.45, 7) is -0.511. The Kier molecular flexibility index (Phi) is 5.43. The van der Waals surface area contributed by atoms with E-state index in [1.165, 1.54) is 17.0 Å². The number of aliphatic hydroxyl groups is 2. The number of imide groups is 1. The maximum absolute atomic E-state index is 14.8. The Morgan fingerprint density at radius 1 is 1.13 bits per heavy atom. The van der Waals surface area contributed by atoms with Gasteiger partial charge in [-0.05, 0) is 24.5 Å². The van der Waals surface area contributed by atoms with Crippen molar-refractivity contribution in [3.63, 3.8) is 0 Å². The molecule has 208 valence electrons. The molecule has 13 nitrogen and oxygen atoms in total. The van der Waals surface area contributed by atoms with Crippen LogP contribution in [0.4, 0.5) is 8.78 Å². The van der Waals surface area contributed by atoms with E-state index in [2.05, 4.69) is 21.3 Å². The molecule has 4 saturated heterocycles. The van der Waals surface area contributed by atoms with Gasteiger partial charge in [0.25, 0.3) is 11.8 Å². The molecule has 2 unspecified atom stereocenters. The van der Waals surface area contributed by atoms with Gasteiger partial charge in [-0.1, -0.05) is 12.1 Å². The topological polar surface area (TPSA) is 194 Å². The molecule has 0 saturated carbocycles. The number of halogens is 2. The number of benzene rings is 1. The van der Waals surface area contributed by atoms with Gasteiger partial charge in [-0.2, -0.15) is 0 Å². The molecule has 0 aromatic heterocycles. The summed E-state index contributed by atoms with van der Waals surface area (Å²) in [5.41, 5.74) is -2.25. The van der Waals surface area contributed by atoms with E-state index in [1.54, 1.807) is 6.07 Å². The van der Waals surface area contributed by atoms with Crippen molar-refractivity contribution in [2.75, 3.05) is 13.1 Å². The van der Waals surface area contributed by atoms with Crippen LogP contribution in [0.3, 0.4) is 0 Å². The molecule has 1 aromatic carbocycles. The second-order valence-electron chi connectivity index (χ2n) is 10.6. The molecule has 5 aliphatic rings. The van der Waals surface area contributed by atoms with Crippen LogP contribution in [0.25, 0.3) is 0 Å². The van der Waals surface area contributed by atoms with E-state index >= 15 is 0 Å². The Morgan fingerprint density at radius 3 is 2.56 bits per heavy atom. The Bertz CT molecular complexity index is 1310. The van der Waals surface area contributed by atoms with Gasteiger partial charge in [0, 0.05) is 36.9 Å². The van der Waals surface area contributed by atoms with E-state index in [-0.39, 0.29) is 55.4 Å². The summed E-state index contributed by atoms with van der Waals surface area (Å²) in [6, 6.07) is 0.888. The van der Waals surface area contributed by atoms with Gasteiger partial charge in [-0.25, -0.2) is 8.78 Å². The second-order valence-corrected chi connectivity index (χ2v) is 10.6. The van der Waals surface area contributed by atoms with Gasteiger partial charge in [0.05, 0.1) is 18.6 Å². The van der Waals surface area contributed by atoms with Crippen LogP contribution in [0.5, 0.6) is 0 Å². The van der Waals surface area contributed by atoms with E-state index in [0.29, 0.717) is 12.0 Å². The van der Waals surface area contributed by atoms with E-state index in [0.717, 1.165) is 4.90 Å². The SMILES string of the molecule is N=C1N[C@H]2[C@H](CN3C(=O)CCC3=O)NC(=N)N3CC(NC(=O)c4cccc5c4C(F)(F)CCC5)C(O)(O)C23N1. The number of aryl methyl sites for hydroxylation is 1. The van der Waals surface area contributed by atoms with Crippen LogP contribution >= 0.6 is 0 Å². The molecule has 0 bridgehead atoms. The Hall–Kier alpha value is -3.85. The molecule has 4 aliphatic heterocycles. The van der Waals surface area contributed by atoms with Crippen molar-refractivity contribution in [3.05, 3.63) is 34.9 Å². The van der Waals surface area contributed by atoms with Gasteiger partial charge in [0.1, 0.15) is 6.04 Å². The highest BCUT2D eigenvalue weighted by atomic mass is 19.3. The van der Waals surface area contributed by atoms with E-state index in [1.807, 2.05) is 0 Å². The molecule has 1 aromatic rings. The van der Waals surface area contributed by atoms with Gasteiger partial charge >= 0.3 is 0 Å². The zero-order valence-corrected chi connectivity index (χ0v) is 20.7. The average Bonchev–Trinajstić information content (AvgIpc) is 3.46. The minimum Gasteiger partial charge on any atom is -0.361 e. The Morgan fingerprint density at radius 2 is 1.85 bits per heavy atom. The largest absolute Gasteiger partial charge is 0.361 e. The number of hydrogen-bond acceptors (Lipinski definition) is 7. The average molecular weight is 547 g/mol. The smallest absolute Gasteiger partial charge is 0.274 e. The number of nitrogens with zero attached hydrogens (tertiary/aromatic N) is 2. The Labute approximate surface area is 220 Å². The lowest BCUT2D eigenvalue weighted by Gasteiger charge is -2.51. The molecule has 4 fully saturated rings. The number of carbonyl (C=O) groups excluding carboxylic acids is 3. The van der Waals surface area contributed by atoms with Crippen molar-refractivity contribution in [2.45, 2.75) is 67.6 Å². The van der Waals surface area contributed by atoms with Crippen LogP contribution in [0, 0.1) is 10.8 Å². The molecule has 4 heterocycles. The lowest BCUT2D eigenvalue weighted by Crippen LogP contribution is -2.81. The van der Waals surface area contributed by atoms with Gasteiger partial charge in [-0.3, -0.25) is 30.1 Å². The van der Waals surface area contributed by atoms with Crippen molar-refractivity contribution in [3.8, 4) is 0 Å². The minimum atomic E-state index is -3.22. The van der Waals surface area contributed by atoms with Crippen LogP contribution in [0.1, 0.15) is 47.2 Å². The van der Waals surface area contributed by atoms with Gasteiger partial charge < -0.3 is 36.4 Å². The fourth-order valence-corrected chi connectivity index (χ4v) is 6.65. The first kappa shape index (κ1) is 25.4. The third kappa shape index (κ3) is 3.52. The molecular formula is C24H28F2N8O5.